The number of unbranched alkanes of at least 4 members (excludes halogenated alkanes) is 2. The summed E-state index contributed by atoms with van der Waals surface area (Å²) in [6, 6.07) is 4.06. The molecule has 0 spiro atoms. The van der Waals surface area contributed by atoms with Gasteiger partial charge in [0, 0.05) is 20.2 Å². The number of ether oxygens (including phenoxy) is 1. The van der Waals surface area contributed by atoms with Crippen LogP contribution in [0.4, 0.5) is 0 Å². The summed E-state index contributed by atoms with van der Waals surface area (Å²) in [5.41, 5.74) is 0.151. The summed E-state index contributed by atoms with van der Waals surface area (Å²) in [6.45, 7) is 3.02. The highest BCUT2D eigenvalue weighted by Crippen LogP contribution is 2.20. The van der Waals surface area contributed by atoms with E-state index in [0.29, 0.717) is 6.54 Å². The van der Waals surface area contributed by atoms with Crippen molar-refractivity contribution in [2.75, 3.05) is 26.8 Å². The van der Waals surface area contributed by atoms with Gasteiger partial charge in [0.2, 0.25) is 10.0 Å². The molecule has 1 amide bonds. The third kappa shape index (κ3) is 6.47. The highest BCUT2D eigenvalue weighted by atomic mass is 35.5. The molecule has 0 aliphatic heterocycles. The summed E-state index contributed by atoms with van der Waals surface area (Å²) in [5.74, 6) is -0.375. The number of benzene rings is 1. The number of sulfonamides is 1. The molecule has 0 atom stereocenters. The number of hydrogen-bond acceptors (Lipinski definition) is 4. The second-order valence-electron chi connectivity index (χ2n) is 5.00. The van der Waals surface area contributed by atoms with E-state index in [1.54, 1.807) is 0 Å². The van der Waals surface area contributed by atoms with Crippen LogP contribution >= 0.6 is 11.6 Å². The van der Waals surface area contributed by atoms with Crippen LogP contribution in [0.3, 0.4) is 0 Å². The number of methoxy groups -OCH3 is 1. The fourth-order valence-electron chi connectivity index (χ4n) is 1.88. The van der Waals surface area contributed by atoms with Gasteiger partial charge in [0.15, 0.2) is 0 Å². The molecule has 6 nitrogen and oxygen atoms in total. The SMILES string of the molecule is CCCCCNC(=O)c1cc(S(=O)(=O)NCCOC)ccc1Cl. The molecule has 0 bridgehead atoms. The van der Waals surface area contributed by atoms with E-state index >= 15 is 0 Å². The van der Waals surface area contributed by atoms with Crippen molar-refractivity contribution in [3.63, 3.8) is 0 Å². The molecule has 1 aromatic rings. The van der Waals surface area contributed by atoms with Crippen molar-refractivity contribution >= 4 is 27.5 Å². The van der Waals surface area contributed by atoms with Gasteiger partial charge in [-0.05, 0) is 24.6 Å². The molecule has 1 aromatic carbocycles. The lowest BCUT2D eigenvalue weighted by Gasteiger charge is -2.10. The number of halogens is 1. The summed E-state index contributed by atoms with van der Waals surface area (Å²) >= 11 is 6.01. The molecule has 0 saturated carbocycles. The molecular formula is C15H23ClN2O4S. The minimum atomic E-state index is -3.70. The van der Waals surface area contributed by atoms with Crippen molar-refractivity contribution < 1.29 is 17.9 Å². The summed E-state index contributed by atoms with van der Waals surface area (Å²) < 4.78 is 31.5. The lowest BCUT2D eigenvalue weighted by molar-refractivity contribution is 0.0953. The predicted octanol–water partition coefficient (Wildman–Crippen LogP) is 2.18. The summed E-state index contributed by atoms with van der Waals surface area (Å²) in [6.07, 6.45) is 2.94. The van der Waals surface area contributed by atoms with Crippen LogP contribution in [0.15, 0.2) is 23.1 Å². The molecule has 23 heavy (non-hydrogen) atoms. The number of nitrogens with one attached hydrogen (secondary N) is 2. The molecule has 0 fully saturated rings. The van der Waals surface area contributed by atoms with E-state index in [4.69, 9.17) is 16.3 Å². The van der Waals surface area contributed by atoms with E-state index in [1.165, 1.54) is 25.3 Å². The van der Waals surface area contributed by atoms with Crippen LogP contribution in [0.25, 0.3) is 0 Å². The minimum Gasteiger partial charge on any atom is -0.383 e. The smallest absolute Gasteiger partial charge is 0.252 e. The van der Waals surface area contributed by atoms with Gasteiger partial charge in [-0.3, -0.25) is 4.79 Å². The summed E-state index contributed by atoms with van der Waals surface area (Å²) in [7, 11) is -2.22. The Balaban J connectivity index is 2.84. The van der Waals surface area contributed by atoms with Crippen LogP contribution in [0, 0.1) is 0 Å². The molecule has 0 aliphatic rings. The molecule has 130 valence electrons. The second-order valence-corrected chi connectivity index (χ2v) is 7.17. The van der Waals surface area contributed by atoms with Crippen LogP contribution < -0.4 is 10.0 Å². The first kappa shape index (κ1) is 19.9. The zero-order valence-corrected chi connectivity index (χ0v) is 15.0. The lowest BCUT2D eigenvalue weighted by Crippen LogP contribution is -2.28. The molecule has 1 rings (SSSR count). The van der Waals surface area contributed by atoms with Gasteiger partial charge < -0.3 is 10.1 Å². The lowest BCUT2D eigenvalue weighted by atomic mass is 10.2. The zero-order valence-electron chi connectivity index (χ0n) is 13.4. The maximum absolute atomic E-state index is 12.2. The Morgan fingerprint density at radius 2 is 2.00 bits per heavy atom. The number of rotatable bonds is 10. The molecular weight excluding hydrogens is 340 g/mol. The van der Waals surface area contributed by atoms with Crippen molar-refractivity contribution in [1.82, 2.24) is 10.0 Å². The van der Waals surface area contributed by atoms with E-state index < -0.39 is 10.0 Å². The predicted molar refractivity (Wildman–Crippen MR) is 90.4 cm³/mol. The Bertz CT molecular complexity index is 620. The fourth-order valence-corrected chi connectivity index (χ4v) is 3.12. The summed E-state index contributed by atoms with van der Waals surface area (Å²) in [5, 5.41) is 2.96. The van der Waals surface area contributed by atoms with Crippen LogP contribution in [0.5, 0.6) is 0 Å². The van der Waals surface area contributed by atoms with Gasteiger partial charge in [-0.1, -0.05) is 31.4 Å². The van der Waals surface area contributed by atoms with E-state index in [1.807, 2.05) is 0 Å². The monoisotopic (exact) mass is 362 g/mol. The number of amides is 1. The third-order valence-electron chi connectivity index (χ3n) is 3.16. The molecule has 0 heterocycles. The Morgan fingerprint density at radius 3 is 2.65 bits per heavy atom. The van der Waals surface area contributed by atoms with Crippen molar-refractivity contribution in [3.05, 3.63) is 28.8 Å². The number of hydrogen-bond donors (Lipinski definition) is 2. The molecule has 2 N–H and O–H groups in total. The Labute approximate surface area is 142 Å². The maximum atomic E-state index is 12.2. The minimum absolute atomic E-state index is 0.00305. The first-order chi connectivity index (χ1) is 10.9. The molecule has 0 aliphatic carbocycles. The Hall–Kier alpha value is -1.15. The maximum Gasteiger partial charge on any atom is 0.252 e. The van der Waals surface area contributed by atoms with Gasteiger partial charge in [0.05, 0.1) is 22.1 Å². The van der Waals surface area contributed by atoms with Gasteiger partial charge in [0.1, 0.15) is 0 Å². The van der Waals surface area contributed by atoms with Crippen molar-refractivity contribution in [1.29, 1.82) is 0 Å². The molecule has 8 heteroatoms. The highest BCUT2D eigenvalue weighted by molar-refractivity contribution is 7.89. The summed E-state index contributed by atoms with van der Waals surface area (Å²) in [4.78, 5) is 12.1. The number of carbonyl (C=O) groups is 1. The van der Waals surface area contributed by atoms with Crippen molar-refractivity contribution in [3.8, 4) is 0 Å². The Kier molecular flexibility index (Phi) is 8.54. The van der Waals surface area contributed by atoms with Gasteiger partial charge in [0.25, 0.3) is 5.91 Å². The van der Waals surface area contributed by atoms with Gasteiger partial charge in [-0.2, -0.15) is 0 Å². The second kappa shape index (κ2) is 9.87. The molecule has 0 radical (unpaired) electrons. The van der Waals surface area contributed by atoms with E-state index in [0.717, 1.165) is 19.3 Å². The molecule has 0 saturated heterocycles. The van der Waals surface area contributed by atoms with Gasteiger partial charge in [-0.25, -0.2) is 13.1 Å². The number of carbonyl (C=O) groups excluding carboxylic acids is 1. The van der Waals surface area contributed by atoms with Crippen LogP contribution in [-0.2, 0) is 14.8 Å². The van der Waals surface area contributed by atoms with Gasteiger partial charge >= 0.3 is 0 Å². The largest absolute Gasteiger partial charge is 0.383 e. The fraction of sp³-hybridized carbons (Fsp3) is 0.533. The van der Waals surface area contributed by atoms with E-state index in [2.05, 4.69) is 17.0 Å². The van der Waals surface area contributed by atoms with Crippen LogP contribution in [0.1, 0.15) is 36.5 Å². The normalized spacial score (nSPS) is 11.4. The van der Waals surface area contributed by atoms with Crippen LogP contribution in [0.2, 0.25) is 5.02 Å². The third-order valence-corrected chi connectivity index (χ3v) is 4.95. The van der Waals surface area contributed by atoms with E-state index in [9.17, 15) is 13.2 Å². The van der Waals surface area contributed by atoms with Crippen molar-refractivity contribution in [2.24, 2.45) is 0 Å². The topological polar surface area (TPSA) is 84.5 Å². The highest BCUT2D eigenvalue weighted by Gasteiger charge is 2.18. The quantitative estimate of drug-likeness (QED) is 0.625. The van der Waals surface area contributed by atoms with E-state index in [-0.39, 0.29) is 34.5 Å². The standard InChI is InChI=1S/C15H23ClN2O4S/c1-3-4-5-8-17-15(19)13-11-12(6-7-14(13)16)23(20,21)18-9-10-22-2/h6-7,11,18H,3-5,8-10H2,1-2H3,(H,17,19). The van der Waals surface area contributed by atoms with Gasteiger partial charge in [-0.15, -0.1) is 0 Å². The average Bonchev–Trinajstić information content (AvgIpc) is 2.51. The van der Waals surface area contributed by atoms with Crippen molar-refractivity contribution in [2.45, 2.75) is 31.1 Å². The molecule has 0 aromatic heterocycles. The van der Waals surface area contributed by atoms with Crippen LogP contribution in [-0.4, -0.2) is 41.1 Å². The molecule has 0 unspecified atom stereocenters. The zero-order chi connectivity index (χ0) is 17.3. The average molecular weight is 363 g/mol. The first-order valence-electron chi connectivity index (χ1n) is 7.48. The Morgan fingerprint density at radius 1 is 1.26 bits per heavy atom. The first-order valence-corrected chi connectivity index (χ1v) is 9.34.